The average molecular weight is 603 g/mol. The zero-order valence-corrected chi connectivity index (χ0v) is 22.0. The third-order valence-electron chi connectivity index (χ3n) is 6.16. The van der Waals surface area contributed by atoms with E-state index in [1.165, 1.54) is 0 Å². The number of aromatic nitrogens is 6. The molecule has 1 amide bonds. The summed E-state index contributed by atoms with van der Waals surface area (Å²) in [5.74, 6) is 0.605. The Kier molecular flexibility index (Phi) is 6.08. The molecule has 0 radical (unpaired) electrons. The molecule has 10 heteroatoms. The van der Waals surface area contributed by atoms with E-state index in [0.717, 1.165) is 37.1 Å². The number of imidazole rings is 1. The molecule has 0 spiro atoms. The van der Waals surface area contributed by atoms with Crippen LogP contribution < -0.4 is 10.1 Å². The summed E-state index contributed by atoms with van der Waals surface area (Å²) >= 11 is 2.22. The minimum absolute atomic E-state index is 0.227. The van der Waals surface area contributed by atoms with Crippen LogP contribution in [-0.4, -0.2) is 42.0 Å². The molecule has 0 fully saturated rings. The van der Waals surface area contributed by atoms with E-state index in [1.807, 2.05) is 88.6 Å². The molecule has 0 aliphatic heterocycles. The minimum Gasteiger partial charge on any atom is -0.497 e. The van der Waals surface area contributed by atoms with E-state index < -0.39 is 0 Å². The second-order valence-corrected chi connectivity index (χ2v) is 9.59. The fraction of sp³-hybridized carbons (Fsp3) is 0.111. The molecule has 0 atom stereocenters. The summed E-state index contributed by atoms with van der Waals surface area (Å²) in [6.07, 6.45) is 7.30. The zero-order valence-electron chi connectivity index (χ0n) is 19.9. The van der Waals surface area contributed by atoms with Crippen LogP contribution in [0.1, 0.15) is 21.6 Å². The van der Waals surface area contributed by atoms with E-state index in [-0.39, 0.29) is 5.91 Å². The van der Waals surface area contributed by atoms with Gasteiger partial charge in [-0.2, -0.15) is 10.2 Å². The standard InChI is InChI=1S/C27H22IN7O2/c1-37-20-10-8-18(9-11-20)15-33-16-19(13-30-33)17-35-22-6-4-5-21(25(22)26(28)32-35)31-27(36)23-14-29-24-7-2-3-12-34(23)24/h2-14,16H,15,17H2,1H3,(H,31,36). The minimum atomic E-state index is -0.227. The van der Waals surface area contributed by atoms with Gasteiger partial charge in [-0.1, -0.05) is 24.3 Å². The molecule has 2 aromatic carbocycles. The van der Waals surface area contributed by atoms with Gasteiger partial charge in [0.1, 0.15) is 20.8 Å². The van der Waals surface area contributed by atoms with E-state index in [9.17, 15) is 4.79 Å². The van der Waals surface area contributed by atoms with Crippen LogP contribution in [0.2, 0.25) is 0 Å². The molecule has 6 rings (SSSR count). The Balaban J connectivity index is 1.23. The van der Waals surface area contributed by atoms with Gasteiger partial charge in [-0.3, -0.25) is 18.6 Å². The smallest absolute Gasteiger partial charge is 0.274 e. The molecule has 37 heavy (non-hydrogen) atoms. The normalized spacial score (nSPS) is 11.3. The lowest BCUT2D eigenvalue weighted by Crippen LogP contribution is -2.14. The monoisotopic (exact) mass is 603 g/mol. The molecule has 6 aromatic rings. The highest BCUT2D eigenvalue weighted by molar-refractivity contribution is 14.1. The van der Waals surface area contributed by atoms with Crippen molar-refractivity contribution in [3.8, 4) is 5.75 Å². The fourth-order valence-corrected chi connectivity index (χ4v) is 5.19. The van der Waals surface area contributed by atoms with Gasteiger partial charge in [0.05, 0.1) is 49.2 Å². The van der Waals surface area contributed by atoms with Crippen molar-refractivity contribution in [1.82, 2.24) is 28.9 Å². The number of methoxy groups -OCH3 is 1. The number of hydrogen-bond donors (Lipinski definition) is 1. The number of benzene rings is 2. The number of rotatable bonds is 7. The van der Waals surface area contributed by atoms with Crippen molar-refractivity contribution in [2.24, 2.45) is 0 Å². The predicted octanol–water partition coefficient (Wildman–Crippen LogP) is 4.84. The van der Waals surface area contributed by atoms with Crippen molar-refractivity contribution in [3.63, 3.8) is 0 Å². The summed E-state index contributed by atoms with van der Waals surface area (Å²) in [5.41, 5.74) is 5.01. The quantitative estimate of drug-likeness (QED) is 0.264. The molecule has 0 bridgehead atoms. The number of pyridine rings is 1. The molecule has 0 saturated heterocycles. The maximum atomic E-state index is 13.1. The van der Waals surface area contributed by atoms with Gasteiger partial charge in [0.15, 0.2) is 0 Å². The van der Waals surface area contributed by atoms with Gasteiger partial charge in [-0.05, 0) is 64.6 Å². The lowest BCUT2D eigenvalue weighted by molar-refractivity contribution is 0.102. The number of nitrogens with zero attached hydrogens (tertiary/aromatic N) is 6. The molecule has 4 aromatic heterocycles. The van der Waals surface area contributed by atoms with Crippen molar-refractivity contribution < 1.29 is 9.53 Å². The number of ether oxygens (including phenoxy) is 1. The van der Waals surface area contributed by atoms with Crippen molar-refractivity contribution in [1.29, 1.82) is 0 Å². The van der Waals surface area contributed by atoms with Crippen LogP contribution in [0.25, 0.3) is 16.6 Å². The lowest BCUT2D eigenvalue weighted by atomic mass is 10.2. The van der Waals surface area contributed by atoms with Gasteiger partial charge in [0, 0.05) is 18.0 Å². The average Bonchev–Trinajstić information content (AvgIpc) is 3.63. The van der Waals surface area contributed by atoms with Gasteiger partial charge < -0.3 is 10.1 Å². The Morgan fingerprint density at radius 1 is 1.00 bits per heavy atom. The Bertz CT molecular complexity index is 1730. The van der Waals surface area contributed by atoms with Crippen LogP contribution >= 0.6 is 22.6 Å². The van der Waals surface area contributed by atoms with Crippen molar-refractivity contribution in [2.75, 3.05) is 12.4 Å². The van der Waals surface area contributed by atoms with Crippen LogP contribution in [0, 0.1) is 3.70 Å². The van der Waals surface area contributed by atoms with Crippen LogP contribution in [0.4, 0.5) is 5.69 Å². The molecule has 0 saturated carbocycles. The number of anilines is 1. The predicted molar refractivity (Wildman–Crippen MR) is 149 cm³/mol. The summed E-state index contributed by atoms with van der Waals surface area (Å²) in [6.45, 7) is 1.23. The topological polar surface area (TPSA) is 91.3 Å². The summed E-state index contributed by atoms with van der Waals surface area (Å²) in [7, 11) is 1.66. The summed E-state index contributed by atoms with van der Waals surface area (Å²) in [6, 6.07) is 19.4. The van der Waals surface area contributed by atoms with Gasteiger partial charge in [0.2, 0.25) is 0 Å². The van der Waals surface area contributed by atoms with E-state index >= 15 is 0 Å². The van der Waals surface area contributed by atoms with Crippen molar-refractivity contribution in [3.05, 3.63) is 106 Å². The number of hydrogen-bond acceptors (Lipinski definition) is 5. The molecular weight excluding hydrogens is 581 g/mol. The van der Waals surface area contributed by atoms with Crippen LogP contribution in [-0.2, 0) is 13.1 Å². The lowest BCUT2D eigenvalue weighted by Gasteiger charge is -2.07. The molecular formula is C27H22IN7O2. The highest BCUT2D eigenvalue weighted by Gasteiger charge is 2.17. The molecule has 0 aliphatic rings. The van der Waals surface area contributed by atoms with Gasteiger partial charge in [-0.15, -0.1) is 0 Å². The maximum Gasteiger partial charge on any atom is 0.274 e. The van der Waals surface area contributed by atoms with E-state index in [2.05, 4.69) is 38.0 Å². The first-order chi connectivity index (χ1) is 18.1. The third kappa shape index (κ3) is 4.55. The second kappa shape index (κ2) is 9.69. The van der Waals surface area contributed by atoms with Crippen LogP contribution in [0.5, 0.6) is 5.75 Å². The molecule has 4 heterocycles. The highest BCUT2D eigenvalue weighted by Crippen LogP contribution is 2.29. The van der Waals surface area contributed by atoms with E-state index in [0.29, 0.717) is 24.5 Å². The van der Waals surface area contributed by atoms with Gasteiger partial charge >= 0.3 is 0 Å². The van der Waals surface area contributed by atoms with E-state index in [4.69, 9.17) is 9.84 Å². The Morgan fingerprint density at radius 3 is 2.70 bits per heavy atom. The molecule has 184 valence electrons. The van der Waals surface area contributed by atoms with E-state index in [1.54, 1.807) is 17.7 Å². The fourth-order valence-electron chi connectivity index (χ4n) is 4.36. The number of halogens is 1. The van der Waals surface area contributed by atoms with Crippen LogP contribution in [0.15, 0.2) is 85.5 Å². The van der Waals surface area contributed by atoms with Crippen LogP contribution in [0.3, 0.4) is 0 Å². The Hall–Kier alpha value is -4.19. The molecule has 0 aliphatic carbocycles. The summed E-state index contributed by atoms with van der Waals surface area (Å²) in [5, 5.41) is 13.2. The molecule has 9 nitrogen and oxygen atoms in total. The van der Waals surface area contributed by atoms with Gasteiger partial charge in [0.25, 0.3) is 5.91 Å². The maximum absolute atomic E-state index is 13.1. The Labute approximate surface area is 225 Å². The third-order valence-corrected chi connectivity index (χ3v) is 6.91. The summed E-state index contributed by atoms with van der Waals surface area (Å²) in [4.78, 5) is 17.4. The number of amides is 1. The highest BCUT2D eigenvalue weighted by atomic mass is 127. The SMILES string of the molecule is COc1ccc(Cn2cc(Cn3nc(I)c4c(NC(=O)c5cnc6ccccn56)cccc43)cn2)cc1. The summed E-state index contributed by atoms with van der Waals surface area (Å²) < 4.78 is 11.7. The molecule has 1 N–H and O–H groups in total. The zero-order chi connectivity index (χ0) is 25.4. The number of carbonyl (C=O) groups excluding carboxylic acids is 1. The number of carbonyl (C=O) groups is 1. The first-order valence-corrected chi connectivity index (χ1v) is 12.7. The Morgan fingerprint density at radius 2 is 1.86 bits per heavy atom. The van der Waals surface area contributed by atoms with Crippen molar-refractivity contribution >= 4 is 50.7 Å². The second-order valence-electron chi connectivity index (χ2n) is 8.57. The first-order valence-electron chi connectivity index (χ1n) is 11.6. The molecule has 0 unspecified atom stereocenters. The first kappa shape index (κ1) is 23.2. The number of nitrogens with one attached hydrogen (secondary N) is 1. The van der Waals surface area contributed by atoms with Crippen molar-refractivity contribution in [2.45, 2.75) is 13.1 Å². The number of fused-ring (bicyclic) bond motifs is 2. The largest absolute Gasteiger partial charge is 0.497 e. The van der Waals surface area contributed by atoms with Gasteiger partial charge in [-0.25, -0.2) is 4.98 Å².